The van der Waals surface area contributed by atoms with E-state index in [2.05, 4.69) is 0 Å². The summed E-state index contributed by atoms with van der Waals surface area (Å²) >= 11 is 5.82. The summed E-state index contributed by atoms with van der Waals surface area (Å²) < 4.78 is 18.9. The Bertz CT molecular complexity index is 751. The van der Waals surface area contributed by atoms with Crippen LogP contribution in [-0.4, -0.2) is 0 Å². The first-order chi connectivity index (χ1) is 9.19. The van der Waals surface area contributed by atoms with Gasteiger partial charge in [0.1, 0.15) is 17.2 Å². The van der Waals surface area contributed by atoms with E-state index in [1.807, 2.05) is 24.3 Å². The Labute approximate surface area is 114 Å². The van der Waals surface area contributed by atoms with E-state index < -0.39 is 5.82 Å². The Morgan fingerprint density at radius 1 is 1.16 bits per heavy atom. The predicted octanol–water partition coefficient (Wildman–Crippen LogP) is 4.35. The quantitative estimate of drug-likeness (QED) is 0.755. The fourth-order valence-electron chi connectivity index (χ4n) is 2.11. The Balaban J connectivity index is 2.23. The second-order valence-corrected chi connectivity index (χ2v) is 4.68. The van der Waals surface area contributed by atoms with Gasteiger partial charge in [-0.3, -0.25) is 0 Å². The molecule has 0 aliphatic rings. The lowest BCUT2D eigenvalue weighted by molar-refractivity contribution is 0.553. The van der Waals surface area contributed by atoms with Gasteiger partial charge in [0.25, 0.3) is 0 Å². The molecular weight excluding hydrogens is 265 g/mol. The molecule has 3 aromatic rings. The molecule has 0 atom stereocenters. The molecule has 2 N–H and O–H groups in total. The summed E-state index contributed by atoms with van der Waals surface area (Å²) in [6.07, 6.45) is 0. The molecule has 0 saturated carbocycles. The summed E-state index contributed by atoms with van der Waals surface area (Å²) in [6.45, 7) is 0.346. The van der Waals surface area contributed by atoms with Crippen LogP contribution < -0.4 is 5.73 Å². The lowest BCUT2D eigenvalue weighted by Crippen LogP contribution is -1.92. The van der Waals surface area contributed by atoms with Gasteiger partial charge < -0.3 is 10.2 Å². The van der Waals surface area contributed by atoms with E-state index in [9.17, 15) is 4.39 Å². The van der Waals surface area contributed by atoms with Crippen LogP contribution in [-0.2, 0) is 6.54 Å². The number of halogens is 2. The topological polar surface area (TPSA) is 39.2 Å². The Hall–Kier alpha value is -1.84. The maximum atomic E-state index is 13.2. The van der Waals surface area contributed by atoms with E-state index in [1.54, 1.807) is 12.1 Å². The zero-order valence-electron chi connectivity index (χ0n) is 9.99. The number of fused-ring (bicyclic) bond motifs is 1. The van der Waals surface area contributed by atoms with Crippen molar-refractivity contribution in [3.05, 3.63) is 59.1 Å². The van der Waals surface area contributed by atoms with Crippen LogP contribution >= 0.6 is 11.6 Å². The number of rotatable bonds is 2. The molecule has 0 radical (unpaired) electrons. The van der Waals surface area contributed by atoms with E-state index in [1.165, 1.54) is 6.07 Å². The number of hydrogen-bond acceptors (Lipinski definition) is 2. The zero-order valence-corrected chi connectivity index (χ0v) is 10.7. The molecule has 0 fully saturated rings. The minimum atomic E-state index is -0.431. The summed E-state index contributed by atoms with van der Waals surface area (Å²) in [4.78, 5) is 0. The van der Waals surface area contributed by atoms with Gasteiger partial charge in [-0.2, -0.15) is 0 Å². The molecule has 0 aliphatic carbocycles. The third-order valence-corrected chi connectivity index (χ3v) is 3.32. The van der Waals surface area contributed by atoms with Gasteiger partial charge >= 0.3 is 0 Å². The standard InChI is InChI=1S/C15H11ClFNO/c16-13-7-9(4-5-14(13)17)12-3-1-2-10-6-11(8-18)19-15(10)12/h1-7H,8,18H2. The SMILES string of the molecule is NCc1cc2cccc(-c3ccc(F)c(Cl)c3)c2o1. The monoisotopic (exact) mass is 275 g/mol. The third kappa shape index (κ3) is 2.11. The average Bonchev–Trinajstić information content (AvgIpc) is 2.85. The number of para-hydroxylation sites is 1. The molecule has 3 rings (SSSR count). The number of nitrogens with two attached hydrogens (primary N) is 1. The first-order valence-corrected chi connectivity index (χ1v) is 6.24. The van der Waals surface area contributed by atoms with E-state index >= 15 is 0 Å². The maximum Gasteiger partial charge on any atom is 0.142 e. The van der Waals surface area contributed by atoms with Gasteiger partial charge in [-0.25, -0.2) is 4.39 Å². The van der Waals surface area contributed by atoms with E-state index in [-0.39, 0.29) is 5.02 Å². The Morgan fingerprint density at radius 3 is 2.74 bits per heavy atom. The largest absolute Gasteiger partial charge is 0.459 e. The summed E-state index contributed by atoms with van der Waals surface area (Å²) in [7, 11) is 0. The third-order valence-electron chi connectivity index (χ3n) is 3.03. The van der Waals surface area contributed by atoms with Gasteiger partial charge in [-0.1, -0.05) is 35.9 Å². The summed E-state index contributed by atoms with van der Waals surface area (Å²) in [5.74, 6) is 0.287. The number of hydrogen-bond donors (Lipinski definition) is 1. The van der Waals surface area contributed by atoms with Crippen molar-refractivity contribution in [2.45, 2.75) is 6.54 Å². The first-order valence-electron chi connectivity index (χ1n) is 5.86. The van der Waals surface area contributed by atoms with Crippen LogP contribution in [0.1, 0.15) is 5.76 Å². The fourth-order valence-corrected chi connectivity index (χ4v) is 2.29. The predicted molar refractivity (Wildman–Crippen MR) is 74.5 cm³/mol. The van der Waals surface area contributed by atoms with Crippen LogP contribution in [0.25, 0.3) is 22.1 Å². The Morgan fingerprint density at radius 2 is 2.00 bits per heavy atom. The van der Waals surface area contributed by atoms with Crippen LogP contribution in [0.4, 0.5) is 4.39 Å². The van der Waals surface area contributed by atoms with Gasteiger partial charge in [0.15, 0.2) is 0 Å². The Kier molecular flexibility index (Phi) is 3.01. The van der Waals surface area contributed by atoms with Crippen molar-refractivity contribution in [3.8, 4) is 11.1 Å². The number of benzene rings is 2. The van der Waals surface area contributed by atoms with E-state index in [0.29, 0.717) is 6.54 Å². The summed E-state index contributed by atoms with van der Waals surface area (Å²) in [6, 6.07) is 12.3. The second-order valence-electron chi connectivity index (χ2n) is 4.27. The zero-order chi connectivity index (χ0) is 13.4. The van der Waals surface area contributed by atoms with E-state index in [4.69, 9.17) is 21.8 Å². The highest BCUT2D eigenvalue weighted by Crippen LogP contribution is 2.32. The van der Waals surface area contributed by atoms with Crippen molar-refractivity contribution in [2.75, 3.05) is 0 Å². The average molecular weight is 276 g/mol. The maximum absolute atomic E-state index is 13.2. The molecule has 0 saturated heterocycles. The van der Waals surface area contributed by atoms with Gasteiger partial charge in [-0.15, -0.1) is 0 Å². The molecule has 0 unspecified atom stereocenters. The minimum absolute atomic E-state index is 0.0973. The van der Waals surface area contributed by atoms with Crippen LogP contribution in [0.2, 0.25) is 5.02 Å². The van der Waals surface area contributed by atoms with Crippen LogP contribution in [0.15, 0.2) is 46.9 Å². The van der Waals surface area contributed by atoms with Crippen molar-refractivity contribution >= 4 is 22.6 Å². The second kappa shape index (κ2) is 4.68. The molecule has 1 heterocycles. The lowest BCUT2D eigenvalue weighted by Gasteiger charge is -2.04. The molecule has 0 amide bonds. The van der Waals surface area contributed by atoms with Crippen LogP contribution in [0.5, 0.6) is 0 Å². The van der Waals surface area contributed by atoms with Crippen molar-refractivity contribution in [1.82, 2.24) is 0 Å². The van der Waals surface area contributed by atoms with Crippen molar-refractivity contribution < 1.29 is 8.81 Å². The summed E-state index contributed by atoms with van der Waals surface area (Å²) in [5.41, 5.74) is 8.01. The molecule has 2 aromatic carbocycles. The van der Waals surface area contributed by atoms with Gasteiger partial charge in [-0.05, 0) is 23.8 Å². The van der Waals surface area contributed by atoms with E-state index in [0.717, 1.165) is 27.9 Å². The molecule has 96 valence electrons. The highest BCUT2D eigenvalue weighted by atomic mass is 35.5. The van der Waals surface area contributed by atoms with Crippen LogP contribution in [0, 0.1) is 5.82 Å². The molecule has 0 bridgehead atoms. The van der Waals surface area contributed by atoms with Gasteiger partial charge in [0.2, 0.25) is 0 Å². The first kappa shape index (κ1) is 12.2. The molecule has 4 heteroatoms. The van der Waals surface area contributed by atoms with Gasteiger partial charge in [0, 0.05) is 10.9 Å². The molecule has 1 aromatic heterocycles. The van der Waals surface area contributed by atoms with Crippen molar-refractivity contribution in [3.63, 3.8) is 0 Å². The molecule has 19 heavy (non-hydrogen) atoms. The molecule has 0 spiro atoms. The fraction of sp³-hybridized carbons (Fsp3) is 0.0667. The number of furan rings is 1. The molecular formula is C15H11ClFNO. The minimum Gasteiger partial charge on any atom is -0.459 e. The van der Waals surface area contributed by atoms with Gasteiger partial charge in [0.05, 0.1) is 11.6 Å². The summed E-state index contributed by atoms with van der Waals surface area (Å²) in [5, 5.41) is 1.07. The highest BCUT2D eigenvalue weighted by Gasteiger charge is 2.10. The highest BCUT2D eigenvalue weighted by molar-refractivity contribution is 6.31. The normalized spacial score (nSPS) is 11.1. The lowest BCUT2D eigenvalue weighted by atomic mass is 10.0. The van der Waals surface area contributed by atoms with Crippen molar-refractivity contribution in [2.24, 2.45) is 5.73 Å². The molecule has 2 nitrogen and oxygen atoms in total. The van der Waals surface area contributed by atoms with Crippen molar-refractivity contribution in [1.29, 1.82) is 0 Å². The van der Waals surface area contributed by atoms with Crippen LogP contribution in [0.3, 0.4) is 0 Å². The smallest absolute Gasteiger partial charge is 0.142 e. The molecule has 0 aliphatic heterocycles.